The summed E-state index contributed by atoms with van der Waals surface area (Å²) >= 11 is 1.36. The lowest BCUT2D eigenvalue weighted by molar-refractivity contribution is -0.140. The fourth-order valence-corrected chi connectivity index (χ4v) is 4.10. The Hall–Kier alpha value is -3.13. The molecule has 2 atom stereocenters. The van der Waals surface area contributed by atoms with E-state index in [9.17, 15) is 24.3 Å². The molecule has 176 valence electrons. The maximum atomic E-state index is 12.9. The first-order valence-electron chi connectivity index (χ1n) is 10.8. The summed E-state index contributed by atoms with van der Waals surface area (Å²) in [6.07, 6.45) is -0.399. The summed E-state index contributed by atoms with van der Waals surface area (Å²) in [7, 11) is 0. The first-order valence-corrected chi connectivity index (χ1v) is 11.9. The van der Waals surface area contributed by atoms with Crippen LogP contribution >= 0.6 is 11.8 Å². The highest BCUT2D eigenvalue weighted by Crippen LogP contribution is 2.13. The summed E-state index contributed by atoms with van der Waals surface area (Å²) < 4.78 is 0. The van der Waals surface area contributed by atoms with Crippen molar-refractivity contribution in [3.05, 3.63) is 71.8 Å². The standard InChI is InChI=1S/C25H30N2O5S/c1-17(2)24(27-22(29)13-18-9-5-3-6-10-18)25(32)26-20(14-23(30)31)21(28)16-33-15-19-11-7-4-8-12-19/h3-12,17,20,24H,13-16H2,1-2H3,(H,26,32)(H,27,29)(H,30,31)/t20?,24-/m0/s1. The van der Waals surface area contributed by atoms with Gasteiger partial charge in [-0.05, 0) is 17.0 Å². The quantitative estimate of drug-likeness (QED) is 0.415. The van der Waals surface area contributed by atoms with Crippen LogP contribution in [0.4, 0.5) is 0 Å². The van der Waals surface area contributed by atoms with Crippen molar-refractivity contribution in [2.24, 2.45) is 5.92 Å². The molecule has 8 heteroatoms. The Bertz CT molecular complexity index is 934. The maximum Gasteiger partial charge on any atom is 0.305 e. The largest absolute Gasteiger partial charge is 0.481 e. The topological polar surface area (TPSA) is 113 Å². The smallest absolute Gasteiger partial charge is 0.305 e. The number of aliphatic carboxylic acids is 1. The van der Waals surface area contributed by atoms with Gasteiger partial charge < -0.3 is 15.7 Å². The van der Waals surface area contributed by atoms with Gasteiger partial charge in [0.25, 0.3) is 0 Å². The van der Waals surface area contributed by atoms with Crippen molar-refractivity contribution in [3.8, 4) is 0 Å². The van der Waals surface area contributed by atoms with Gasteiger partial charge in [0, 0.05) is 5.75 Å². The van der Waals surface area contributed by atoms with E-state index >= 15 is 0 Å². The third-order valence-electron chi connectivity index (χ3n) is 4.91. The van der Waals surface area contributed by atoms with Crippen LogP contribution in [-0.4, -0.2) is 46.5 Å². The number of carbonyl (C=O) groups is 4. The van der Waals surface area contributed by atoms with Gasteiger partial charge in [-0.2, -0.15) is 0 Å². The molecule has 0 heterocycles. The van der Waals surface area contributed by atoms with E-state index in [1.54, 1.807) is 13.8 Å². The highest BCUT2D eigenvalue weighted by molar-refractivity contribution is 7.99. The van der Waals surface area contributed by atoms with Crippen molar-refractivity contribution < 1.29 is 24.3 Å². The fraction of sp³-hybridized carbons (Fsp3) is 0.360. The number of hydrogen-bond acceptors (Lipinski definition) is 5. The van der Waals surface area contributed by atoms with Crippen LogP contribution in [0.25, 0.3) is 0 Å². The van der Waals surface area contributed by atoms with Crippen LogP contribution in [0.5, 0.6) is 0 Å². The molecule has 0 aliphatic carbocycles. The predicted octanol–water partition coefficient (Wildman–Crippen LogP) is 2.83. The van der Waals surface area contributed by atoms with Crippen LogP contribution in [0.3, 0.4) is 0 Å². The summed E-state index contributed by atoms with van der Waals surface area (Å²) in [5, 5.41) is 14.5. The molecule has 0 spiro atoms. The summed E-state index contributed by atoms with van der Waals surface area (Å²) in [4.78, 5) is 49.3. The number of nitrogens with one attached hydrogen (secondary N) is 2. The zero-order chi connectivity index (χ0) is 24.2. The zero-order valence-corrected chi connectivity index (χ0v) is 19.6. The molecule has 0 saturated carbocycles. The van der Waals surface area contributed by atoms with Crippen LogP contribution in [0.15, 0.2) is 60.7 Å². The minimum Gasteiger partial charge on any atom is -0.481 e. The van der Waals surface area contributed by atoms with E-state index in [-0.39, 0.29) is 29.8 Å². The lowest BCUT2D eigenvalue weighted by atomic mass is 10.0. The summed E-state index contributed by atoms with van der Waals surface area (Å²) in [5.74, 6) is -2.03. The van der Waals surface area contributed by atoms with Gasteiger partial charge in [0.05, 0.1) is 24.6 Å². The number of carboxylic acid groups (broad SMARTS) is 1. The van der Waals surface area contributed by atoms with Crippen LogP contribution in [0, 0.1) is 5.92 Å². The van der Waals surface area contributed by atoms with Gasteiger partial charge in [-0.25, -0.2) is 0 Å². The Labute approximate surface area is 198 Å². The minimum atomic E-state index is -1.18. The molecule has 2 aromatic rings. The molecule has 0 saturated heterocycles. The number of ketones is 1. The fourth-order valence-electron chi connectivity index (χ4n) is 3.17. The Morgan fingerprint density at radius 3 is 2.00 bits per heavy atom. The second-order valence-corrected chi connectivity index (χ2v) is 9.04. The lowest BCUT2D eigenvalue weighted by Gasteiger charge is -2.24. The molecule has 0 aromatic heterocycles. The molecule has 3 N–H and O–H groups in total. The number of rotatable bonds is 13. The molecule has 0 bridgehead atoms. The summed E-state index contributed by atoms with van der Waals surface area (Å²) in [5.41, 5.74) is 1.86. The van der Waals surface area contributed by atoms with E-state index < -0.39 is 30.4 Å². The van der Waals surface area contributed by atoms with Gasteiger partial charge in [-0.1, -0.05) is 74.5 Å². The van der Waals surface area contributed by atoms with E-state index in [2.05, 4.69) is 10.6 Å². The molecule has 0 radical (unpaired) electrons. The molecular weight excluding hydrogens is 440 g/mol. The first-order chi connectivity index (χ1) is 15.8. The number of hydrogen-bond donors (Lipinski definition) is 3. The van der Waals surface area contributed by atoms with Gasteiger partial charge in [-0.15, -0.1) is 11.8 Å². The number of Topliss-reactive ketones (excluding diaryl/α,β-unsaturated/α-hetero) is 1. The van der Waals surface area contributed by atoms with Crippen molar-refractivity contribution in [1.82, 2.24) is 10.6 Å². The van der Waals surface area contributed by atoms with Gasteiger partial charge >= 0.3 is 5.97 Å². The van der Waals surface area contributed by atoms with Crippen molar-refractivity contribution in [3.63, 3.8) is 0 Å². The maximum absolute atomic E-state index is 12.9. The highest BCUT2D eigenvalue weighted by Gasteiger charge is 2.29. The summed E-state index contributed by atoms with van der Waals surface area (Å²) in [6.45, 7) is 3.55. The number of amides is 2. The first kappa shape index (κ1) is 26.1. The Morgan fingerprint density at radius 2 is 1.45 bits per heavy atom. The lowest BCUT2D eigenvalue weighted by Crippen LogP contribution is -2.54. The third kappa shape index (κ3) is 9.49. The van der Waals surface area contributed by atoms with Crippen LogP contribution in [0.2, 0.25) is 0 Å². The molecular formula is C25H30N2O5S. The van der Waals surface area contributed by atoms with Gasteiger partial charge in [0.2, 0.25) is 11.8 Å². The van der Waals surface area contributed by atoms with Crippen LogP contribution < -0.4 is 10.6 Å². The second kappa shape index (κ2) is 13.4. The molecule has 0 aliphatic heterocycles. The van der Waals surface area contributed by atoms with Gasteiger partial charge in [0.1, 0.15) is 6.04 Å². The number of carbonyl (C=O) groups excluding carboxylic acids is 3. The predicted molar refractivity (Wildman–Crippen MR) is 129 cm³/mol. The Balaban J connectivity index is 1.97. The normalized spacial score (nSPS) is 12.6. The Morgan fingerprint density at radius 1 is 0.879 bits per heavy atom. The van der Waals surface area contributed by atoms with E-state index in [4.69, 9.17) is 0 Å². The van der Waals surface area contributed by atoms with Gasteiger partial charge in [0.15, 0.2) is 5.78 Å². The molecule has 2 amide bonds. The summed E-state index contributed by atoms with van der Waals surface area (Å²) in [6, 6.07) is 16.7. The number of carboxylic acids is 1. The van der Waals surface area contributed by atoms with Crippen molar-refractivity contribution >= 4 is 35.3 Å². The molecule has 1 unspecified atom stereocenters. The molecule has 7 nitrogen and oxygen atoms in total. The van der Waals surface area contributed by atoms with E-state index in [1.807, 2.05) is 60.7 Å². The monoisotopic (exact) mass is 470 g/mol. The third-order valence-corrected chi connectivity index (χ3v) is 5.94. The van der Waals surface area contributed by atoms with E-state index in [0.29, 0.717) is 5.75 Å². The van der Waals surface area contributed by atoms with Gasteiger partial charge in [-0.3, -0.25) is 19.2 Å². The zero-order valence-electron chi connectivity index (χ0n) is 18.8. The number of thioether (sulfide) groups is 1. The van der Waals surface area contributed by atoms with E-state index in [0.717, 1.165) is 11.1 Å². The SMILES string of the molecule is CC(C)[C@H](NC(=O)Cc1ccccc1)C(=O)NC(CC(=O)O)C(=O)CSCc1ccccc1. The average Bonchev–Trinajstić information content (AvgIpc) is 2.77. The second-order valence-electron chi connectivity index (χ2n) is 8.06. The Kier molecular flexibility index (Phi) is 10.6. The number of benzene rings is 2. The molecule has 33 heavy (non-hydrogen) atoms. The minimum absolute atomic E-state index is 0.0693. The van der Waals surface area contributed by atoms with Crippen LogP contribution in [-0.2, 0) is 31.4 Å². The average molecular weight is 471 g/mol. The molecule has 2 rings (SSSR count). The molecule has 2 aromatic carbocycles. The highest BCUT2D eigenvalue weighted by atomic mass is 32.2. The van der Waals surface area contributed by atoms with Crippen molar-refractivity contribution in [2.75, 3.05) is 5.75 Å². The van der Waals surface area contributed by atoms with Crippen LogP contribution in [0.1, 0.15) is 31.4 Å². The van der Waals surface area contributed by atoms with Crippen molar-refractivity contribution in [1.29, 1.82) is 0 Å². The van der Waals surface area contributed by atoms with E-state index in [1.165, 1.54) is 11.8 Å². The molecule has 0 fully saturated rings. The van der Waals surface area contributed by atoms with Crippen molar-refractivity contribution in [2.45, 2.75) is 44.5 Å². The molecule has 0 aliphatic rings.